The fourth-order valence-corrected chi connectivity index (χ4v) is 3.24. The molecule has 0 atom stereocenters. The van der Waals surface area contributed by atoms with Crippen LogP contribution in [0.25, 0.3) is 33.4 Å². The molecule has 2 N–H and O–H groups in total. The summed E-state index contributed by atoms with van der Waals surface area (Å²) in [6.07, 6.45) is 0. The first kappa shape index (κ1) is 16.8. The molecule has 4 rings (SSSR count). The minimum Gasteiger partial charge on any atom is -0.496 e. The van der Waals surface area contributed by atoms with Crippen molar-refractivity contribution in [3.63, 3.8) is 0 Å². The highest BCUT2D eigenvalue weighted by Crippen LogP contribution is 2.35. The second kappa shape index (κ2) is 6.61. The molecule has 134 valence electrons. The molecule has 0 radical (unpaired) electrons. The highest BCUT2D eigenvalue weighted by molar-refractivity contribution is 6.00. The van der Waals surface area contributed by atoms with Crippen LogP contribution in [-0.2, 0) is 0 Å². The summed E-state index contributed by atoms with van der Waals surface area (Å²) < 4.78 is 5.44. The number of imidazole rings is 1. The van der Waals surface area contributed by atoms with Crippen LogP contribution in [0, 0.1) is 6.92 Å². The fraction of sp³-hybridized carbons (Fsp3) is 0.0909. The number of hydrogen-bond donors (Lipinski definition) is 2. The van der Waals surface area contributed by atoms with Gasteiger partial charge in [0.25, 0.3) is 0 Å². The maximum atomic E-state index is 11.8. The number of ether oxygens (including phenoxy) is 1. The zero-order chi connectivity index (χ0) is 19.0. The zero-order valence-electron chi connectivity index (χ0n) is 15.0. The van der Waals surface area contributed by atoms with Gasteiger partial charge in [-0.05, 0) is 24.4 Å². The predicted octanol–water partition coefficient (Wildman–Crippen LogP) is 4.91. The van der Waals surface area contributed by atoms with Gasteiger partial charge in [0.15, 0.2) is 5.69 Å². The molecule has 5 nitrogen and oxygen atoms in total. The number of aromatic carboxylic acids is 1. The van der Waals surface area contributed by atoms with Crippen LogP contribution < -0.4 is 4.74 Å². The molecule has 3 aromatic carbocycles. The van der Waals surface area contributed by atoms with Crippen molar-refractivity contribution in [3.05, 3.63) is 71.9 Å². The summed E-state index contributed by atoms with van der Waals surface area (Å²) in [5.41, 5.74) is 3.23. The monoisotopic (exact) mass is 358 g/mol. The van der Waals surface area contributed by atoms with Crippen LogP contribution >= 0.6 is 0 Å². The molecule has 0 amide bonds. The van der Waals surface area contributed by atoms with Crippen LogP contribution in [0.5, 0.6) is 5.75 Å². The first-order valence-electron chi connectivity index (χ1n) is 8.55. The average molecular weight is 358 g/mol. The number of aryl methyl sites for hydroxylation is 1. The molecule has 0 fully saturated rings. The molecule has 0 aliphatic heterocycles. The lowest BCUT2D eigenvalue weighted by Gasteiger charge is -2.08. The fourth-order valence-electron chi connectivity index (χ4n) is 3.24. The van der Waals surface area contributed by atoms with E-state index < -0.39 is 5.97 Å². The van der Waals surface area contributed by atoms with E-state index in [2.05, 4.69) is 9.97 Å². The van der Waals surface area contributed by atoms with Gasteiger partial charge in [0, 0.05) is 16.5 Å². The quantitative estimate of drug-likeness (QED) is 0.543. The summed E-state index contributed by atoms with van der Waals surface area (Å²) in [4.78, 5) is 19.4. The normalized spacial score (nSPS) is 10.9. The Labute approximate surface area is 156 Å². The van der Waals surface area contributed by atoms with Crippen LogP contribution in [0.1, 0.15) is 16.1 Å². The van der Waals surface area contributed by atoms with E-state index in [1.807, 2.05) is 67.6 Å². The molecule has 0 saturated carbocycles. The number of aromatic nitrogens is 2. The number of hydrogen-bond acceptors (Lipinski definition) is 3. The van der Waals surface area contributed by atoms with Gasteiger partial charge in [0.1, 0.15) is 11.6 Å². The number of nitrogens with zero attached hydrogens (tertiary/aromatic N) is 1. The van der Waals surface area contributed by atoms with Gasteiger partial charge in [-0.25, -0.2) is 9.78 Å². The first-order valence-corrected chi connectivity index (χ1v) is 8.55. The minimum atomic E-state index is -1.06. The first-order chi connectivity index (χ1) is 13.1. The number of carbonyl (C=O) groups is 1. The summed E-state index contributed by atoms with van der Waals surface area (Å²) in [5, 5.41) is 11.5. The number of carboxylic acids is 1. The topological polar surface area (TPSA) is 75.2 Å². The number of methoxy groups -OCH3 is 1. The van der Waals surface area contributed by atoms with Gasteiger partial charge in [-0.2, -0.15) is 0 Å². The lowest BCUT2D eigenvalue weighted by molar-refractivity contribution is 0.0692. The SMILES string of the molecule is COc1ccc(-c2nc(C(=O)O)c(-c3ccc(C)cc3)[nH]2)c2ccccc12. The molecule has 0 unspecified atom stereocenters. The number of fused-ring (bicyclic) bond motifs is 1. The second-order valence-electron chi connectivity index (χ2n) is 6.34. The number of carboxylic acid groups (broad SMARTS) is 1. The van der Waals surface area contributed by atoms with Crippen LogP contribution in [0.4, 0.5) is 0 Å². The molecule has 0 saturated heterocycles. The predicted molar refractivity (Wildman–Crippen MR) is 105 cm³/mol. The van der Waals surface area contributed by atoms with Crippen LogP contribution in [-0.4, -0.2) is 28.2 Å². The molecular weight excluding hydrogens is 340 g/mol. The third-order valence-corrected chi connectivity index (χ3v) is 4.61. The average Bonchev–Trinajstić information content (AvgIpc) is 3.13. The van der Waals surface area contributed by atoms with Gasteiger partial charge in [-0.15, -0.1) is 0 Å². The van der Waals surface area contributed by atoms with Crippen molar-refractivity contribution in [2.45, 2.75) is 6.92 Å². The Morgan fingerprint density at radius 3 is 2.37 bits per heavy atom. The summed E-state index contributed by atoms with van der Waals surface area (Å²) in [7, 11) is 1.63. The van der Waals surface area contributed by atoms with Crippen LogP contribution in [0.15, 0.2) is 60.7 Å². The van der Waals surface area contributed by atoms with E-state index in [0.717, 1.165) is 33.2 Å². The van der Waals surface area contributed by atoms with Crippen molar-refractivity contribution in [2.24, 2.45) is 0 Å². The maximum Gasteiger partial charge on any atom is 0.356 e. The zero-order valence-corrected chi connectivity index (χ0v) is 15.0. The Hall–Kier alpha value is -3.60. The van der Waals surface area contributed by atoms with Gasteiger partial charge in [0.05, 0.1) is 12.8 Å². The molecule has 5 heteroatoms. The number of benzene rings is 3. The summed E-state index contributed by atoms with van der Waals surface area (Å²) >= 11 is 0. The Bertz CT molecular complexity index is 1140. The lowest BCUT2D eigenvalue weighted by atomic mass is 10.0. The minimum absolute atomic E-state index is 0.00810. The Balaban J connectivity index is 1.93. The molecule has 0 bridgehead atoms. The molecule has 1 heterocycles. The standard InChI is InChI=1S/C22H18N2O3/c1-13-7-9-14(10-8-13)19-20(22(25)26)24-21(23-19)17-11-12-18(27-2)16-6-4-3-5-15(16)17/h3-12H,1-2H3,(H,23,24)(H,25,26). The second-order valence-corrected chi connectivity index (χ2v) is 6.34. The molecule has 27 heavy (non-hydrogen) atoms. The number of H-pyrrole nitrogens is 1. The van der Waals surface area contributed by atoms with Crippen molar-refractivity contribution < 1.29 is 14.6 Å². The molecule has 1 aromatic heterocycles. The van der Waals surface area contributed by atoms with E-state index in [0.29, 0.717) is 11.5 Å². The smallest absolute Gasteiger partial charge is 0.356 e. The van der Waals surface area contributed by atoms with E-state index >= 15 is 0 Å². The van der Waals surface area contributed by atoms with Gasteiger partial charge in [0.2, 0.25) is 0 Å². The Morgan fingerprint density at radius 2 is 1.70 bits per heavy atom. The van der Waals surface area contributed by atoms with Crippen molar-refractivity contribution in [1.29, 1.82) is 0 Å². The van der Waals surface area contributed by atoms with Gasteiger partial charge in [-0.3, -0.25) is 0 Å². The molecule has 4 aromatic rings. The largest absolute Gasteiger partial charge is 0.496 e. The van der Waals surface area contributed by atoms with Gasteiger partial charge >= 0.3 is 5.97 Å². The molecule has 0 aliphatic rings. The number of rotatable bonds is 4. The van der Waals surface area contributed by atoms with Crippen molar-refractivity contribution in [1.82, 2.24) is 9.97 Å². The highest BCUT2D eigenvalue weighted by Gasteiger charge is 2.20. The molecule has 0 aliphatic carbocycles. The van der Waals surface area contributed by atoms with Crippen molar-refractivity contribution in [2.75, 3.05) is 7.11 Å². The van der Waals surface area contributed by atoms with E-state index in [9.17, 15) is 9.90 Å². The van der Waals surface area contributed by atoms with E-state index in [1.54, 1.807) is 7.11 Å². The Kier molecular flexibility index (Phi) is 4.12. The van der Waals surface area contributed by atoms with Crippen molar-refractivity contribution in [3.8, 4) is 28.4 Å². The summed E-state index contributed by atoms with van der Waals surface area (Å²) in [5.74, 6) is 0.214. The number of aromatic amines is 1. The third-order valence-electron chi connectivity index (χ3n) is 4.61. The van der Waals surface area contributed by atoms with Crippen LogP contribution in [0.3, 0.4) is 0 Å². The van der Waals surface area contributed by atoms with Gasteiger partial charge in [-0.1, -0.05) is 54.1 Å². The number of nitrogens with one attached hydrogen (secondary N) is 1. The lowest BCUT2D eigenvalue weighted by Crippen LogP contribution is -1.99. The Morgan fingerprint density at radius 1 is 1.00 bits per heavy atom. The summed E-state index contributed by atoms with van der Waals surface area (Å²) in [6, 6.07) is 19.3. The van der Waals surface area contributed by atoms with E-state index in [-0.39, 0.29) is 5.69 Å². The third kappa shape index (κ3) is 2.93. The highest BCUT2D eigenvalue weighted by atomic mass is 16.5. The van der Waals surface area contributed by atoms with E-state index in [1.165, 1.54) is 0 Å². The maximum absolute atomic E-state index is 11.8. The molecular formula is C22H18N2O3. The van der Waals surface area contributed by atoms with E-state index in [4.69, 9.17) is 4.74 Å². The van der Waals surface area contributed by atoms with Crippen molar-refractivity contribution >= 4 is 16.7 Å². The molecule has 0 spiro atoms. The van der Waals surface area contributed by atoms with Crippen LogP contribution in [0.2, 0.25) is 0 Å². The van der Waals surface area contributed by atoms with Gasteiger partial charge < -0.3 is 14.8 Å². The summed E-state index contributed by atoms with van der Waals surface area (Å²) in [6.45, 7) is 1.99.